The molecule has 0 bridgehead atoms. The number of rotatable bonds is 6. The molecule has 0 saturated heterocycles. The molecule has 0 saturated carbocycles. The molecule has 4 heteroatoms. The van der Waals surface area contributed by atoms with Crippen molar-refractivity contribution in [2.45, 2.75) is 39.7 Å². The average molecular weight is 351 g/mol. The van der Waals surface area contributed by atoms with E-state index in [0.29, 0.717) is 11.6 Å². The van der Waals surface area contributed by atoms with E-state index in [0.717, 1.165) is 11.1 Å². The molecule has 0 aliphatic heterocycles. The van der Waals surface area contributed by atoms with Gasteiger partial charge in [-0.25, -0.2) is 4.79 Å². The summed E-state index contributed by atoms with van der Waals surface area (Å²) in [7, 11) is 0. The summed E-state index contributed by atoms with van der Waals surface area (Å²) in [4.78, 5) is 24.0. The van der Waals surface area contributed by atoms with Crippen LogP contribution in [0.5, 0.6) is 0 Å². The molecule has 26 heavy (non-hydrogen) atoms. The average Bonchev–Trinajstić information content (AvgIpc) is 2.62. The van der Waals surface area contributed by atoms with Gasteiger partial charge < -0.3 is 10.1 Å². The van der Waals surface area contributed by atoms with E-state index >= 15 is 0 Å². The number of ether oxygens (including phenoxy) is 1. The summed E-state index contributed by atoms with van der Waals surface area (Å²) < 4.78 is 5.15. The number of carbonyl (C=O) groups excluding carboxylic acids is 2. The van der Waals surface area contributed by atoms with Gasteiger partial charge in [-0.05, 0) is 49.1 Å². The number of benzene rings is 2. The highest BCUT2D eigenvalue weighted by atomic mass is 16.5. The summed E-state index contributed by atoms with van der Waals surface area (Å²) in [5.74, 6) is -0.452. The molecule has 2 aromatic carbocycles. The molecule has 0 fully saturated rings. The van der Waals surface area contributed by atoms with Gasteiger partial charge in [-0.2, -0.15) is 0 Å². The van der Waals surface area contributed by atoms with Gasteiger partial charge in [0.05, 0.1) is 0 Å². The third-order valence-corrected chi connectivity index (χ3v) is 4.00. The largest absolute Gasteiger partial charge is 0.449 e. The van der Waals surface area contributed by atoms with Gasteiger partial charge >= 0.3 is 5.97 Å². The van der Waals surface area contributed by atoms with Crippen LogP contribution in [0.1, 0.15) is 43.4 Å². The topological polar surface area (TPSA) is 55.4 Å². The van der Waals surface area contributed by atoms with Crippen LogP contribution in [-0.2, 0) is 14.3 Å². The number of nitrogens with one attached hydrogen (secondary N) is 1. The van der Waals surface area contributed by atoms with Crippen LogP contribution in [0.4, 0.5) is 5.69 Å². The Morgan fingerprint density at radius 3 is 2.15 bits per heavy atom. The standard InChI is InChI=1S/C22H25NO3/c1-15(2)19-10-7-18(8-11-19)9-14-21(24)26-17(4)22(25)23-20-12-5-16(3)6-13-20/h5-15,17H,1-4H3,(H,23,25)/b14-9+. The van der Waals surface area contributed by atoms with Crippen molar-refractivity contribution in [3.63, 3.8) is 0 Å². The Morgan fingerprint density at radius 1 is 0.962 bits per heavy atom. The highest BCUT2D eigenvalue weighted by Crippen LogP contribution is 2.15. The van der Waals surface area contributed by atoms with Gasteiger partial charge in [-0.1, -0.05) is 55.8 Å². The van der Waals surface area contributed by atoms with Crippen molar-refractivity contribution in [1.29, 1.82) is 0 Å². The molecule has 1 amide bonds. The lowest BCUT2D eigenvalue weighted by Crippen LogP contribution is -2.29. The second-order valence-corrected chi connectivity index (χ2v) is 6.59. The molecule has 0 aliphatic rings. The normalized spacial score (nSPS) is 12.2. The molecule has 0 spiro atoms. The zero-order chi connectivity index (χ0) is 19.1. The van der Waals surface area contributed by atoms with Crippen LogP contribution in [0.15, 0.2) is 54.6 Å². The maximum Gasteiger partial charge on any atom is 0.331 e. The third-order valence-electron chi connectivity index (χ3n) is 4.00. The van der Waals surface area contributed by atoms with Crippen molar-refractivity contribution in [3.05, 3.63) is 71.3 Å². The molecule has 1 N–H and O–H groups in total. The lowest BCUT2D eigenvalue weighted by Gasteiger charge is -2.12. The number of aryl methyl sites for hydroxylation is 1. The van der Waals surface area contributed by atoms with Crippen LogP contribution in [0.2, 0.25) is 0 Å². The molecule has 0 heterocycles. The number of amides is 1. The molecule has 0 aliphatic carbocycles. The Morgan fingerprint density at radius 2 is 1.58 bits per heavy atom. The van der Waals surface area contributed by atoms with Crippen LogP contribution < -0.4 is 5.32 Å². The molecule has 1 atom stereocenters. The molecule has 0 aromatic heterocycles. The SMILES string of the molecule is Cc1ccc(NC(=O)C(C)OC(=O)/C=C/c2ccc(C(C)C)cc2)cc1. The van der Waals surface area contributed by atoms with E-state index in [1.807, 2.05) is 55.5 Å². The fourth-order valence-electron chi connectivity index (χ4n) is 2.30. The highest BCUT2D eigenvalue weighted by Gasteiger charge is 2.16. The Hall–Kier alpha value is -2.88. The Labute approximate surface area is 154 Å². The molecule has 136 valence electrons. The fourth-order valence-corrected chi connectivity index (χ4v) is 2.30. The smallest absolute Gasteiger partial charge is 0.331 e. The summed E-state index contributed by atoms with van der Waals surface area (Å²) in [6.07, 6.45) is 2.13. The summed E-state index contributed by atoms with van der Waals surface area (Å²) >= 11 is 0. The maximum absolute atomic E-state index is 12.1. The first-order valence-corrected chi connectivity index (χ1v) is 8.71. The van der Waals surface area contributed by atoms with Crippen molar-refractivity contribution in [3.8, 4) is 0 Å². The predicted molar refractivity (Wildman–Crippen MR) is 105 cm³/mol. The predicted octanol–water partition coefficient (Wildman–Crippen LogP) is 4.70. The fraction of sp³-hybridized carbons (Fsp3) is 0.273. The van der Waals surface area contributed by atoms with Gasteiger partial charge in [-0.15, -0.1) is 0 Å². The summed E-state index contributed by atoms with van der Waals surface area (Å²) in [6, 6.07) is 15.4. The van der Waals surface area contributed by atoms with E-state index in [4.69, 9.17) is 4.74 Å². The molecule has 4 nitrogen and oxygen atoms in total. The van der Waals surface area contributed by atoms with Gasteiger partial charge in [0, 0.05) is 11.8 Å². The lowest BCUT2D eigenvalue weighted by molar-refractivity contribution is -0.148. The van der Waals surface area contributed by atoms with Gasteiger partial charge in [0.15, 0.2) is 6.10 Å². The van der Waals surface area contributed by atoms with Crippen molar-refractivity contribution in [2.75, 3.05) is 5.32 Å². The van der Waals surface area contributed by atoms with E-state index < -0.39 is 12.1 Å². The van der Waals surface area contributed by atoms with Crippen molar-refractivity contribution in [2.24, 2.45) is 0 Å². The highest BCUT2D eigenvalue weighted by molar-refractivity contribution is 5.96. The zero-order valence-corrected chi connectivity index (χ0v) is 15.7. The Balaban J connectivity index is 1.87. The number of carbonyl (C=O) groups is 2. The first-order valence-electron chi connectivity index (χ1n) is 8.71. The number of anilines is 1. The van der Waals surface area contributed by atoms with Gasteiger partial charge in [0.1, 0.15) is 0 Å². The van der Waals surface area contributed by atoms with Crippen molar-refractivity contribution < 1.29 is 14.3 Å². The molecular weight excluding hydrogens is 326 g/mol. The van der Waals surface area contributed by atoms with E-state index in [9.17, 15) is 9.59 Å². The zero-order valence-electron chi connectivity index (χ0n) is 15.7. The Bertz CT molecular complexity index is 774. The van der Waals surface area contributed by atoms with Crippen LogP contribution in [0, 0.1) is 6.92 Å². The van der Waals surface area contributed by atoms with Crippen LogP contribution in [0.25, 0.3) is 6.08 Å². The molecule has 1 unspecified atom stereocenters. The summed E-state index contributed by atoms with van der Waals surface area (Å²) in [5, 5.41) is 2.72. The third kappa shape index (κ3) is 5.88. The van der Waals surface area contributed by atoms with Crippen LogP contribution in [-0.4, -0.2) is 18.0 Å². The van der Waals surface area contributed by atoms with Crippen LogP contribution in [0.3, 0.4) is 0 Å². The minimum atomic E-state index is -0.878. The maximum atomic E-state index is 12.1. The van der Waals surface area contributed by atoms with Crippen LogP contribution >= 0.6 is 0 Å². The molecule has 0 radical (unpaired) electrons. The van der Waals surface area contributed by atoms with Gasteiger partial charge in [0.25, 0.3) is 5.91 Å². The summed E-state index contributed by atoms with van der Waals surface area (Å²) in [6.45, 7) is 7.78. The van der Waals surface area contributed by atoms with Gasteiger partial charge in [0.2, 0.25) is 0 Å². The molecular formula is C22H25NO3. The van der Waals surface area contributed by atoms with Crippen molar-refractivity contribution >= 4 is 23.6 Å². The summed E-state index contributed by atoms with van der Waals surface area (Å²) in [5.41, 5.74) is 3.92. The minimum absolute atomic E-state index is 0.364. The molecule has 2 aromatic rings. The lowest BCUT2D eigenvalue weighted by atomic mass is 10.0. The monoisotopic (exact) mass is 351 g/mol. The quantitative estimate of drug-likeness (QED) is 0.606. The second-order valence-electron chi connectivity index (χ2n) is 6.59. The number of hydrogen-bond donors (Lipinski definition) is 1. The van der Waals surface area contributed by atoms with Crippen molar-refractivity contribution in [1.82, 2.24) is 0 Å². The van der Waals surface area contributed by atoms with E-state index in [1.165, 1.54) is 11.6 Å². The first kappa shape index (κ1) is 19.4. The molecule has 2 rings (SSSR count). The first-order chi connectivity index (χ1) is 12.3. The van der Waals surface area contributed by atoms with E-state index in [1.54, 1.807) is 13.0 Å². The Kier molecular flexibility index (Phi) is 6.73. The number of hydrogen-bond acceptors (Lipinski definition) is 3. The van der Waals surface area contributed by atoms with Gasteiger partial charge in [-0.3, -0.25) is 4.79 Å². The minimum Gasteiger partial charge on any atom is -0.449 e. The van der Waals surface area contributed by atoms with E-state index in [2.05, 4.69) is 19.2 Å². The number of esters is 1. The van der Waals surface area contributed by atoms with E-state index in [-0.39, 0.29) is 5.91 Å². The second kappa shape index (κ2) is 8.99.